The van der Waals surface area contributed by atoms with E-state index in [-0.39, 0.29) is 11.0 Å². The number of carbonyl (C=O) groups is 1. The SMILES string of the molecule is NP(N)(=O)NC(=O)c1ccc(Cl)o1. The van der Waals surface area contributed by atoms with Crippen LogP contribution in [0.25, 0.3) is 0 Å². The van der Waals surface area contributed by atoms with E-state index in [2.05, 4.69) is 0 Å². The second-order valence-electron chi connectivity index (χ2n) is 2.25. The highest BCUT2D eigenvalue weighted by atomic mass is 35.5. The van der Waals surface area contributed by atoms with Gasteiger partial charge < -0.3 is 4.42 Å². The van der Waals surface area contributed by atoms with Crippen molar-refractivity contribution >= 4 is 25.1 Å². The third-order valence-corrected chi connectivity index (χ3v) is 1.83. The molecule has 1 amide bonds. The van der Waals surface area contributed by atoms with Crippen LogP contribution in [0.15, 0.2) is 16.5 Å². The van der Waals surface area contributed by atoms with E-state index < -0.39 is 13.5 Å². The second-order valence-corrected chi connectivity index (χ2v) is 4.27. The third-order valence-electron chi connectivity index (χ3n) is 1.07. The summed E-state index contributed by atoms with van der Waals surface area (Å²) in [4.78, 5) is 11.1. The number of carbonyl (C=O) groups excluding carboxylic acids is 1. The highest BCUT2D eigenvalue weighted by Crippen LogP contribution is 2.20. The Morgan fingerprint density at radius 3 is 2.54 bits per heavy atom. The molecule has 6 nitrogen and oxygen atoms in total. The molecular weight excluding hydrogens is 216 g/mol. The third kappa shape index (κ3) is 3.20. The lowest BCUT2D eigenvalue weighted by atomic mass is 10.4. The maximum absolute atomic E-state index is 11.1. The highest BCUT2D eigenvalue weighted by molar-refractivity contribution is 7.57. The van der Waals surface area contributed by atoms with Crippen LogP contribution in [-0.4, -0.2) is 5.91 Å². The Morgan fingerprint density at radius 2 is 2.15 bits per heavy atom. The zero-order chi connectivity index (χ0) is 10.1. The molecular formula is C5H7ClN3O3P. The van der Waals surface area contributed by atoms with Gasteiger partial charge in [0.2, 0.25) is 0 Å². The smallest absolute Gasteiger partial charge is 0.300 e. The van der Waals surface area contributed by atoms with E-state index in [9.17, 15) is 9.36 Å². The maximum atomic E-state index is 11.1. The molecule has 72 valence electrons. The van der Waals surface area contributed by atoms with Gasteiger partial charge in [0.25, 0.3) is 5.91 Å². The van der Waals surface area contributed by atoms with Crippen LogP contribution < -0.4 is 16.1 Å². The van der Waals surface area contributed by atoms with E-state index in [0.717, 1.165) is 0 Å². The van der Waals surface area contributed by atoms with Crippen molar-refractivity contribution in [3.05, 3.63) is 23.1 Å². The summed E-state index contributed by atoms with van der Waals surface area (Å²) >= 11 is 5.40. The van der Waals surface area contributed by atoms with Crippen molar-refractivity contribution in [2.45, 2.75) is 0 Å². The molecule has 1 rings (SSSR count). The fraction of sp³-hybridized carbons (Fsp3) is 0. The molecule has 8 heteroatoms. The molecule has 0 saturated carbocycles. The summed E-state index contributed by atoms with van der Waals surface area (Å²) in [6, 6.07) is 2.68. The number of nitrogens with one attached hydrogen (secondary N) is 1. The molecule has 13 heavy (non-hydrogen) atoms. The highest BCUT2D eigenvalue weighted by Gasteiger charge is 2.17. The Bertz CT molecular complexity index is 371. The number of hydrogen-bond acceptors (Lipinski definition) is 3. The summed E-state index contributed by atoms with van der Waals surface area (Å²) < 4.78 is 15.5. The molecule has 0 aromatic carbocycles. The Morgan fingerprint density at radius 1 is 1.54 bits per heavy atom. The minimum atomic E-state index is -3.58. The zero-order valence-corrected chi connectivity index (χ0v) is 8.01. The largest absolute Gasteiger partial charge is 0.440 e. The molecule has 0 bridgehead atoms. The van der Waals surface area contributed by atoms with Crippen LogP contribution in [0.1, 0.15) is 10.6 Å². The van der Waals surface area contributed by atoms with E-state index >= 15 is 0 Å². The van der Waals surface area contributed by atoms with Gasteiger partial charge in [0.05, 0.1) is 0 Å². The molecule has 0 fully saturated rings. The van der Waals surface area contributed by atoms with Crippen LogP contribution in [0.3, 0.4) is 0 Å². The predicted molar refractivity (Wildman–Crippen MR) is 47.2 cm³/mol. The minimum absolute atomic E-state index is 0.0500. The Balaban J connectivity index is 2.75. The topological polar surface area (TPSA) is 111 Å². The average molecular weight is 224 g/mol. The number of halogens is 1. The fourth-order valence-electron chi connectivity index (χ4n) is 0.650. The normalized spacial score (nSPS) is 11.3. The van der Waals surface area contributed by atoms with Crippen LogP contribution in [0.4, 0.5) is 0 Å². The lowest BCUT2D eigenvalue weighted by molar-refractivity contribution is 0.0953. The number of amides is 1. The van der Waals surface area contributed by atoms with Crippen molar-refractivity contribution in [3.8, 4) is 0 Å². The van der Waals surface area contributed by atoms with Gasteiger partial charge in [-0.3, -0.25) is 25.5 Å². The molecule has 5 N–H and O–H groups in total. The number of rotatable bonds is 2. The van der Waals surface area contributed by atoms with E-state index in [1.165, 1.54) is 12.1 Å². The standard InChI is InChI=1S/C5H7ClN3O3P/c6-4-2-1-3(12-4)5(10)9-13(7,8)11/h1-2H,(H5,7,8,9,10,11). The Kier molecular flexibility index (Phi) is 2.77. The number of nitrogens with two attached hydrogens (primary N) is 2. The van der Waals surface area contributed by atoms with Gasteiger partial charge in [0, 0.05) is 0 Å². The summed E-state index contributed by atoms with van der Waals surface area (Å²) in [6.45, 7) is 0. The molecule has 0 saturated heterocycles. The predicted octanol–water partition coefficient (Wildman–Crippen LogP) is 0.688. The fourth-order valence-corrected chi connectivity index (χ4v) is 1.22. The van der Waals surface area contributed by atoms with Crippen LogP contribution >= 0.6 is 19.2 Å². The van der Waals surface area contributed by atoms with Crippen molar-refractivity contribution in [2.75, 3.05) is 0 Å². The monoisotopic (exact) mass is 223 g/mol. The second kappa shape index (κ2) is 3.51. The number of hydrogen-bond donors (Lipinski definition) is 3. The minimum Gasteiger partial charge on any atom is -0.440 e. The molecule has 0 atom stereocenters. The van der Waals surface area contributed by atoms with Gasteiger partial charge in [0.1, 0.15) is 0 Å². The maximum Gasteiger partial charge on any atom is 0.300 e. The van der Waals surface area contributed by atoms with Gasteiger partial charge in [-0.15, -0.1) is 0 Å². The molecule has 0 aliphatic rings. The summed E-state index contributed by atoms with van der Waals surface area (Å²) in [5, 5.41) is 1.92. The molecule has 0 spiro atoms. The first-order valence-corrected chi connectivity index (χ1v) is 5.36. The van der Waals surface area contributed by atoms with E-state index in [1.807, 2.05) is 5.09 Å². The van der Waals surface area contributed by atoms with Crippen LogP contribution in [-0.2, 0) is 4.57 Å². The van der Waals surface area contributed by atoms with Crippen molar-refractivity contribution < 1.29 is 13.8 Å². The first-order chi connectivity index (χ1) is 5.88. The summed E-state index contributed by atoms with van der Waals surface area (Å²) in [6.07, 6.45) is 0. The van der Waals surface area contributed by atoms with Crippen molar-refractivity contribution in [1.29, 1.82) is 0 Å². The van der Waals surface area contributed by atoms with Crippen molar-refractivity contribution in [1.82, 2.24) is 5.09 Å². The molecule has 0 radical (unpaired) electrons. The van der Waals surface area contributed by atoms with Crippen molar-refractivity contribution in [2.24, 2.45) is 11.0 Å². The summed E-state index contributed by atoms with van der Waals surface area (Å²) in [5.74, 6) is -0.860. The van der Waals surface area contributed by atoms with Gasteiger partial charge in [-0.2, -0.15) is 0 Å². The van der Waals surface area contributed by atoms with E-state index in [1.54, 1.807) is 0 Å². The molecule has 1 aromatic rings. The van der Waals surface area contributed by atoms with E-state index in [0.29, 0.717) is 0 Å². The summed E-state index contributed by atoms with van der Waals surface area (Å²) in [5.41, 5.74) is 9.81. The van der Waals surface area contributed by atoms with Gasteiger partial charge in [0.15, 0.2) is 11.0 Å². The number of furan rings is 1. The molecule has 0 aliphatic heterocycles. The molecule has 1 aromatic heterocycles. The van der Waals surface area contributed by atoms with Crippen LogP contribution in [0, 0.1) is 0 Å². The van der Waals surface area contributed by atoms with E-state index in [4.69, 9.17) is 27.0 Å². The van der Waals surface area contributed by atoms with Crippen LogP contribution in [0.2, 0.25) is 5.22 Å². The average Bonchev–Trinajstić information content (AvgIpc) is 2.31. The first-order valence-electron chi connectivity index (χ1n) is 3.13. The van der Waals surface area contributed by atoms with Crippen LogP contribution in [0.5, 0.6) is 0 Å². The van der Waals surface area contributed by atoms with Gasteiger partial charge in [-0.25, -0.2) is 0 Å². The zero-order valence-electron chi connectivity index (χ0n) is 6.36. The van der Waals surface area contributed by atoms with Gasteiger partial charge >= 0.3 is 7.59 Å². The Labute approximate surface area is 78.7 Å². The van der Waals surface area contributed by atoms with Gasteiger partial charge in [-0.1, -0.05) is 0 Å². The summed E-state index contributed by atoms with van der Waals surface area (Å²) in [7, 11) is -3.58. The van der Waals surface area contributed by atoms with Crippen molar-refractivity contribution in [3.63, 3.8) is 0 Å². The lowest BCUT2D eigenvalue weighted by Gasteiger charge is -2.05. The first kappa shape index (κ1) is 10.3. The lowest BCUT2D eigenvalue weighted by Crippen LogP contribution is -2.28. The Hall–Kier alpha value is -0.810. The van der Waals surface area contributed by atoms with Gasteiger partial charge in [-0.05, 0) is 23.7 Å². The quantitative estimate of drug-likeness (QED) is 0.639. The molecule has 0 aliphatic carbocycles. The molecule has 0 unspecified atom stereocenters. The molecule has 1 heterocycles.